The van der Waals surface area contributed by atoms with Crippen molar-refractivity contribution >= 4 is 40.3 Å². The number of hydrogen-bond acceptors (Lipinski definition) is 5. The molecular weight excluding hydrogens is 330 g/mol. The second kappa shape index (κ2) is 6.85. The fraction of sp³-hybridized carbons (Fsp3) is 0.0588. The van der Waals surface area contributed by atoms with E-state index < -0.39 is 0 Å². The number of aromatic hydroxyl groups is 1. The van der Waals surface area contributed by atoms with Gasteiger partial charge in [0, 0.05) is 5.56 Å². The van der Waals surface area contributed by atoms with Gasteiger partial charge in [-0.3, -0.25) is 4.79 Å². The molecule has 0 radical (unpaired) electrons. The third-order valence-corrected chi connectivity index (χ3v) is 4.36. The molecule has 0 bridgehead atoms. The molecule has 1 fully saturated rings. The van der Waals surface area contributed by atoms with Gasteiger partial charge in [-0.1, -0.05) is 66.4 Å². The minimum atomic E-state index is -0.255. The topological polar surface area (TPSA) is 58.6 Å². The molecule has 1 saturated heterocycles. The Hall–Kier alpha value is -2.31. The Morgan fingerprint density at radius 3 is 2.65 bits per heavy atom. The molecule has 2 N–H and O–H groups in total. The average molecular weight is 343 g/mol. The summed E-state index contributed by atoms with van der Waals surface area (Å²) in [5.41, 5.74) is 1.52. The molecule has 0 unspecified atom stereocenters. The van der Waals surface area contributed by atoms with Crippen molar-refractivity contribution in [3.63, 3.8) is 0 Å². The van der Waals surface area contributed by atoms with Crippen molar-refractivity contribution in [2.45, 2.75) is 6.61 Å². The molecule has 2 aromatic carbocycles. The van der Waals surface area contributed by atoms with Gasteiger partial charge in [0.15, 0.2) is 11.5 Å². The summed E-state index contributed by atoms with van der Waals surface area (Å²) in [6.07, 6.45) is 1.60. The van der Waals surface area contributed by atoms with Crippen molar-refractivity contribution in [2.75, 3.05) is 0 Å². The lowest BCUT2D eigenvalue weighted by molar-refractivity contribution is -0.115. The molecule has 2 aromatic rings. The zero-order chi connectivity index (χ0) is 16.2. The van der Waals surface area contributed by atoms with Crippen molar-refractivity contribution < 1.29 is 14.6 Å². The number of thiocarbonyl (C=S) groups is 1. The van der Waals surface area contributed by atoms with Crippen LogP contribution in [0, 0.1) is 0 Å². The number of phenolic OH excluding ortho intramolecular Hbond substituents is 1. The van der Waals surface area contributed by atoms with Crippen LogP contribution in [0.15, 0.2) is 53.4 Å². The predicted octanol–water partition coefficient (Wildman–Crippen LogP) is 3.46. The molecule has 0 atom stereocenters. The maximum Gasteiger partial charge on any atom is 0.263 e. The first-order chi connectivity index (χ1) is 11.1. The number of para-hydroxylation sites is 1. The first-order valence-electron chi connectivity index (χ1n) is 6.87. The lowest BCUT2D eigenvalue weighted by atomic mass is 10.1. The van der Waals surface area contributed by atoms with E-state index in [9.17, 15) is 9.90 Å². The van der Waals surface area contributed by atoms with E-state index in [1.807, 2.05) is 30.3 Å². The van der Waals surface area contributed by atoms with E-state index >= 15 is 0 Å². The molecule has 1 aliphatic heterocycles. The highest BCUT2D eigenvalue weighted by Crippen LogP contribution is 2.34. The summed E-state index contributed by atoms with van der Waals surface area (Å²) in [6, 6.07) is 14.9. The summed E-state index contributed by atoms with van der Waals surface area (Å²) < 4.78 is 6.08. The van der Waals surface area contributed by atoms with Crippen LogP contribution in [0.5, 0.6) is 11.5 Å². The van der Waals surface area contributed by atoms with Crippen LogP contribution in [0.4, 0.5) is 0 Å². The largest absolute Gasteiger partial charge is 0.504 e. The van der Waals surface area contributed by atoms with Crippen LogP contribution >= 0.6 is 24.0 Å². The van der Waals surface area contributed by atoms with E-state index in [1.54, 1.807) is 24.3 Å². The van der Waals surface area contributed by atoms with Crippen LogP contribution in [0.25, 0.3) is 6.08 Å². The van der Waals surface area contributed by atoms with Gasteiger partial charge in [-0.2, -0.15) is 0 Å². The van der Waals surface area contributed by atoms with Crippen molar-refractivity contribution in [3.05, 3.63) is 64.6 Å². The van der Waals surface area contributed by atoms with Gasteiger partial charge in [-0.15, -0.1) is 0 Å². The van der Waals surface area contributed by atoms with Crippen molar-refractivity contribution in [3.8, 4) is 11.5 Å². The van der Waals surface area contributed by atoms with Gasteiger partial charge in [0.25, 0.3) is 5.91 Å². The maximum atomic E-state index is 11.7. The van der Waals surface area contributed by atoms with Crippen molar-refractivity contribution in [1.82, 2.24) is 5.32 Å². The minimum Gasteiger partial charge on any atom is -0.504 e. The summed E-state index contributed by atoms with van der Waals surface area (Å²) >= 11 is 6.12. The molecule has 1 heterocycles. The van der Waals surface area contributed by atoms with Gasteiger partial charge >= 0.3 is 0 Å². The van der Waals surface area contributed by atoms with E-state index in [1.165, 1.54) is 11.8 Å². The SMILES string of the molecule is O=C1NC(=S)S/C1=C\c1cccc(OCc2ccccc2)c1O. The third-order valence-electron chi connectivity index (χ3n) is 3.20. The Bertz CT molecular complexity index is 788. The molecule has 116 valence electrons. The Labute approximate surface area is 143 Å². The molecule has 0 saturated carbocycles. The number of hydrogen-bond donors (Lipinski definition) is 2. The Kier molecular flexibility index (Phi) is 4.64. The smallest absolute Gasteiger partial charge is 0.263 e. The first kappa shape index (κ1) is 15.6. The van der Waals surface area contributed by atoms with Crippen LogP contribution in [0.3, 0.4) is 0 Å². The van der Waals surface area contributed by atoms with Crippen molar-refractivity contribution in [2.24, 2.45) is 0 Å². The number of nitrogens with one attached hydrogen (secondary N) is 1. The zero-order valence-corrected chi connectivity index (χ0v) is 13.6. The number of ether oxygens (including phenoxy) is 1. The van der Waals surface area contributed by atoms with E-state index in [2.05, 4.69) is 5.32 Å². The van der Waals surface area contributed by atoms with E-state index in [0.717, 1.165) is 5.56 Å². The van der Waals surface area contributed by atoms with Crippen LogP contribution in [0.1, 0.15) is 11.1 Å². The average Bonchev–Trinajstić information content (AvgIpc) is 2.87. The second-order valence-corrected chi connectivity index (χ2v) is 6.54. The molecular formula is C17H13NO3S2. The zero-order valence-electron chi connectivity index (χ0n) is 12.0. The first-order valence-corrected chi connectivity index (χ1v) is 8.09. The number of phenols is 1. The van der Waals surface area contributed by atoms with Crippen LogP contribution in [-0.4, -0.2) is 15.3 Å². The molecule has 0 spiro atoms. The van der Waals surface area contributed by atoms with E-state index in [0.29, 0.717) is 27.1 Å². The van der Waals surface area contributed by atoms with Gasteiger partial charge in [-0.05, 0) is 17.7 Å². The van der Waals surface area contributed by atoms with Gasteiger partial charge in [-0.25, -0.2) is 0 Å². The quantitative estimate of drug-likeness (QED) is 0.658. The van der Waals surface area contributed by atoms with Gasteiger partial charge in [0.1, 0.15) is 10.9 Å². The molecule has 23 heavy (non-hydrogen) atoms. The molecule has 1 aliphatic rings. The standard InChI is InChI=1S/C17H13NO3S2/c19-15-12(9-14-16(20)18-17(22)23-14)7-4-8-13(15)21-10-11-5-2-1-3-6-11/h1-9,19H,10H2,(H,18,20,22)/b14-9-. The normalized spacial score (nSPS) is 15.7. The summed E-state index contributed by atoms with van der Waals surface area (Å²) in [5, 5.41) is 12.9. The van der Waals surface area contributed by atoms with E-state index in [4.69, 9.17) is 17.0 Å². The maximum absolute atomic E-state index is 11.7. The summed E-state index contributed by atoms with van der Waals surface area (Å²) in [4.78, 5) is 12.1. The van der Waals surface area contributed by atoms with Crippen molar-refractivity contribution in [1.29, 1.82) is 0 Å². The molecule has 3 rings (SSSR count). The van der Waals surface area contributed by atoms with Crippen LogP contribution < -0.4 is 10.1 Å². The summed E-state index contributed by atoms with van der Waals surface area (Å²) in [7, 11) is 0. The number of amides is 1. The number of thioether (sulfide) groups is 1. The Balaban J connectivity index is 1.80. The van der Waals surface area contributed by atoms with Gasteiger partial charge in [0.2, 0.25) is 0 Å². The highest BCUT2D eigenvalue weighted by molar-refractivity contribution is 8.26. The fourth-order valence-corrected chi connectivity index (χ4v) is 3.10. The number of benzene rings is 2. The molecule has 4 nitrogen and oxygen atoms in total. The molecule has 0 aromatic heterocycles. The predicted molar refractivity (Wildman–Crippen MR) is 95.2 cm³/mol. The lowest BCUT2D eigenvalue weighted by Crippen LogP contribution is -2.17. The molecule has 6 heteroatoms. The number of rotatable bonds is 4. The number of carbonyl (C=O) groups excluding carboxylic acids is 1. The Morgan fingerprint density at radius 2 is 1.96 bits per heavy atom. The highest BCUT2D eigenvalue weighted by Gasteiger charge is 2.22. The van der Waals surface area contributed by atoms with Gasteiger partial charge < -0.3 is 15.2 Å². The minimum absolute atomic E-state index is 0.00199. The third kappa shape index (κ3) is 3.72. The Morgan fingerprint density at radius 1 is 1.17 bits per heavy atom. The second-order valence-electron chi connectivity index (χ2n) is 4.82. The molecule has 1 amide bonds. The monoisotopic (exact) mass is 343 g/mol. The van der Waals surface area contributed by atoms with Crippen LogP contribution in [0.2, 0.25) is 0 Å². The van der Waals surface area contributed by atoms with E-state index in [-0.39, 0.29) is 11.7 Å². The molecule has 0 aliphatic carbocycles. The fourth-order valence-electron chi connectivity index (χ4n) is 2.07. The summed E-state index contributed by atoms with van der Waals surface area (Å²) in [6.45, 7) is 0.355. The number of carbonyl (C=O) groups is 1. The lowest BCUT2D eigenvalue weighted by Gasteiger charge is -2.10. The summed E-state index contributed by atoms with van der Waals surface area (Å²) in [5.74, 6) is 0.117. The highest BCUT2D eigenvalue weighted by atomic mass is 32.2. The van der Waals surface area contributed by atoms with Crippen LogP contribution in [-0.2, 0) is 11.4 Å². The van der Waals surface area contributed by atoms with Gasteiger partial charge in [0.05, 0.1) is 4.91 Å².